The van der Waals surface area contributed by atoms with Gasteiger partial charge in [0.25, 0.3) is 0 Å². The van der Waals surface area contributed by atoms with Crippen LogP contribution in [0, 0.1) is 0 Å². The molecule has 0 N–H and O–H groups in total. The molecule has 3 heteroatoms. The number of benzene rings is 1. The van der Waals surface area contributed by atoms with Crippen LogP contribution in [0.5, 0.6) is 5.75 Å². The fourth-order valence-electron chi connectivity index (χ4n) is 1.95. The van der Waals surface area contributed by atoms with Crippen LogP contribution >= 0.6 is 0 Å². The van der Waals surface area contributed by atoms with Crippen LogP contribution < -0.4 is 10.4 Å². The van der Waals surface area contributed by atoms with Crippen molar-refractivity contribution in [3.8, 4) is 5.75 Å². The van der Waals surface area contributed by atoms with Crippen molar-refractivity contribution >= 4 is 12.2 Å². The van der Waals surface area contributed by atoms with Crippen molar-refractivity contribution in [3.05, 3.63) is 63.7 Å². The summed E-state index contributed by atoms with van der Waals surface area (Å²) in [4.78, 5) is 11.4. The van der Waals surface area contributed by atoms with Crippen LogP contribution in [0.25, 0.3) is 12.2 Å². The van der Waals surface area contributed by atoms with Gasteiger partial charge in [0.05, 0.1) is 13.2 Å². The number of hydrogen-bond acceptors (Lipinski definition) is 3. The van der Waals surface area contributed by atoms with Gasteiger partial charge in [-0.3, -0.25) is 0 Å². The predicted octanol–water partition coefficient (Wildman–Crippen LogP) is 4.12. The van der Waals surface area contributed by atoms with Crippen LogP contribution in [-0.4, -0.2) is 7.11 Å². The van der Waals surface area contributed by atoms with E-state index in [9.17, 15) is 4.79 Å². The van der Waals surface area contributed by atoms with Gasteiger partial charge in [-0.1, -0.05) is 51.1 Å². The van der Waals surface area contributed by atoms with E-state index >= 15 is 0 Å². The van der Waals surface area contributed by atoms with Crippen molar-refractivity contribution in [2.24, 2.45) is 0 Å². The number of methoxy groups -OCH3 is 1. The molecule has 0 unspecified atom stereocenters. The third kappa shape index (κ3) is 4.09. The summed E-state index contributed by atoms with van der Waals surface area (Å²) in [5.41, 5.74) is 2.06. The number of ether oxygens (including phenoxy) is 1. The maximum absolute atomic E-state index is 11.4. The Balaban J connectivity index is 2.21. The van der Waals surface area contributed by atoms with Gasteiger partial charge in [-0.05, 0) is 22.6 Å². The van der Waals surface area contributed by atoms with Gasteiger partial charge in [-0.2, -0.15) is 0 Å². The molecule has 0 saturated heterocycles. The van der Waals surface area contributed by atoms with Crippen LogP contribution in [0.1, 0.15) is 37.7 Å². The summed E-state index contributed by atoms with van der Waals surface area (Å²) in [6.45, 7) is 6.55. The minimum absolute atomic E-state index is 0.141. The number of hydrogen-bond donors (Lipinski definition) is 0. The Labute approximate surface area is 124 Å². The molecule has 2 aromatic rings. The second-order valence-corrected chi connectivity index (χ2v) is 5.92. The van der Waals surface area contributed by atoms with Crippen molar-refractivity contribution < 1.29 is 9.15 Å². The Morgan fingerprint density at radius 2 is 1.71 bits per heavy atom. The van der Waals surface area contributed by atoms with E-state index in [0.29, 0.717) is 11.5 Å². The van der Waals surface area contributed by atoms with Gasteiger partial charge in [0.1, 0.15) is 11.5 Å². The Morgan fingerprint density at radius 1 is 1.05 bits per heavy atom. The second kappa shape index (κ2) is 6.00. The van der Waals surface area contributed by atoms with Crippen molar-refractivity contribution in [1.29, 1.82) is 0 Å². The van der Waals surface area contributed by atoms with Crippen LogP contribution in [0.15, 0.2) is 45.6 Å². The molecule has 2 rings (SSSR count). The molecule has 1 aromatic heterocycles. The van der Waals surface area contributed by atoms with Gasteiger partial charge < -0.3 is 9.15 Å². The molecular weight excluding hydrogens is 264 g/mol. The molecule has 110 valence electrons. The summed E-state index contributed by atoms with van der Waals surface area (Å²) in [5.74, 6) is 0.966. The standard InChI is InChI=1S/C18H20O3/c1-18(2,3)14-8-5-13(6-9-14)7-10-15-11-16(20-4)12-17(19)21-15/h5-12H,1-4H3/b10-7+. The van der Waals surface area contributed by atoms with E-state index < -0.39 is 5.63 Å². The van der Waals surface area contributed by atoms with Gasteiger partial charge >= 0.3 is 5.63 Å². The third-order valence-electron chi connectivity index (χ3n) is 3.22. The third-order valence-corrected chi connectivity index (χ3v) is 3.22. The summed E-state index contributed by atoms with van der Waals surface area (Å²) >= 11 is 0. The summed E-state index contributed by atoms with van der Waals surface area (Å²) < 4.78 is 10.1. The van der Waals surface area contributed by atoms with Crippen molar-refractivity contribution in [3.63, 3.8) is 0 Å². The molecule has 0 aliphatic carbocycles. The monoisotopic (exact) mass is 284 g/mol. The molecule has 0 spiro atoms. The topological polar surface area (TPSA) is 39.4 Å². The molecule has 0 aliphatic rings. The first kappa shape index (κ1) is 15.1. The average molecular weight is 284 g/mol. The molecule has 1 heterocycles. The average Bonchev–Trinajstić information content (AvgIpc) is 2.44. The van der Waals surface area contributed by atoms with E-state index in [0.717, 1.165) is 5.56 Å². The maximum Gasteiger partial charge on any atom is 0.339 e. The molecule has 0 atom stereocenters. The normalized spacial score (nSPS) is 11.8. The second-order valence-electron chi connectivity index (χ2n) is 5.92. The van der Waals surface area contributed by atoms with Crippen molar-refractivity contribution in [1.82, 2.24) is 0 Å². The van der Waals surface area contributed by atoms with Gasteiger partial charge in [-0.15, -0.1) is 0 Å². The maximum atomic E-state index is 11.4. The minimum atomic E-state index is -0.419. The number of rotatable bonds is 3. The largest absolute Gasteiger partial charge is 0.496 e. The quantitative estimate of drug-likeness (QED) is 0.851. The minimum Gasteiger partial charge on any atom is -0.496 e. The van der Waals surface area contributed by atoms with Crippen LogP contribution in [-0.2, 0) is 5.41 Å². The highest BCUT2D eigenvalue weighted by molar-refractivity contribution is 5.67. The molecular formula is C18H20O3. The molecule has 21 heavy (non-hydrogen) atoms. The molecule has 1 aromatic carbocycles. The lowest BCUT2D eigenvalue weighted by molar-refractivity contribution is 0.400. The summed E-state index contributed by atoms with van der Waals surface area (Å²) in [5, 5.41) is 0. The van der Waals surface area contributed by atoms with Crippen molar-refractivity contribution in [2.45, 2.75) is 26.2 Å². The van der Waals surface area contributed by atoms with Crippen LogP contribution in [0.4, 0.5) is 0 Å². The first-order valence-electron chi connectivity index (χ1n) is 6.86. The Bertz CT molecular complexity index is 686. The Kier molecular flexibility index (Phi) is 4.32. The zero-order chi connectivity index (χ0) is 15.5. The van der Waals surface area contributed by atoms with E-state index in [2.05, 4.69) is 45.0 Å². The first-order valence-corrected chi connectivity index (χ1v) is 6.86. The molecule has 0 fully saturated rings. The van der Waals surface area contributed by atoms with Gasteiger partial charge in [0.2, 0.25) is 0 Å². The van der Waals surface area contributed by atoms with Crippen LogP contribution in [0.3, 0.4) is 0 Å². The highest BCUT2D eigenvalue weighted by Crippen LogP contribution is 2.22. The lowest BCUT2D eigenvalue weighted by Gasteiger charge is -2.18. The highest BCUT2D eigenvalue weighted by Gasteiger charge is 2.12. The van der Waals surface area contributed by atoms with Gasteiger partial charge in [0.15, 0.2) is 0 Å². The SMILES string of the molecule is COc1cc(/C=C/c2ccc(C(C)(C)C)cc2)oc(=O)c1. The molecule has 0 amide bonds. The highest BCUT2D eigenvalue weighted by atomic mass is 16.5. The fraction of sp³-hybridized carbons (Fsp3) is 0.278. The summed E-state index contributed by atoms with van der Waals surface area (Å²) in [6, 6.07) is 11.3. The predicted molar refractivity (Wildman–Crippen MR) is 85.6 cm³/mol. The molecule has 0 aliphatic heterocycles. The Hall–Kier alpha value is -2.29. The smallest absolute Gasteiger partial charge is 0.339 e. The van der Waals surface area contributed by atoms with E-state index in [4.69, 9.17) is 9.15 Å². The lowest BCUT2D eigenvalue weighted by Crippen LogP contribution is -2.10. The van der Waals surface area contributed by atoms with Crippen molar-refractivity contribution in [2.75, 3.05) is 7.11 Å². The zero-order valence-corrected chi connectivity index (χ0v) is 12.8. The Morgan fingerprint density at radius 3 is 2.29 bits per heavy atom. The zero-order valence-electron chi connectivity index (χ0n) is 12.8. The molecule has 0 radical (unpaired) electrons. The first-order chi connectivity index (χ1) is 9.88. The van der Waals surface area contributed by atoms with Crippen LogP contribution in [0.2, 0.25) is 0 Å². The lowest BCUT2D eigenvalue weighted by atomic mass is 9.87. The fourth-order valence-corrected chi connectivity index (χ4v) is 1.95. The molecule has 3 nitrogen and oxygen atoms in total. The van der Waals surface area contributed by atoms with Gasteiger partial charge in [0, 0.05) is 6.07 Å². The summed E-state index contributed by atoms with van der Waals surface area (Å²) in [6.07, 6.45) is 3.67. The summed E-state index contributed by atoms with van der Waals surface area (Å²) in [7, 11) is 1.52. The molecule has 0 saturated carbocycles. The van der Waals surface area contributed by atoms with E-state index in [-0.39, 0.29) is 5.41 Å². The molecule has 0 bridgehead atoms. The van der Waals surface area contributed by atoms with Gasteiger partial charge in [-0.25, -0.2) is 4.79 Å². The van der Waals surface area contributed by atoms with E-state index in [1.54, 1.807) is 12.1 Å². The van der Waals surface area contributed by atoms with E-state index in [1.165, 1.54) is 18.7 Å². The van der Waals surface area contributed by atoms with E-state index in [1.807, 2.05) is 6.08 Å².